The van der Waals surface area contributed by atoms with E-state index in [9.17, 15) is 32.9 Å². The van der Waals surface area contributed by atoms with Crippen LogP contribution in [-0.2, 0) is 13.1 Å². The quantitative estimate of drug-likeness (QED) is 0.258. The second-order valence-corrected chi connectivity index (χ2v) is 10.2. The number of halogens is 4. The molecule has 0 spiro atoms. The van der Waals surface area contributed by atoms with Crippen LogP contribution in [0.15, 0.2) is 48.5 Å². The SMILES string of the molecule is COc1ccc(CN2CCCC(O)(O)C(F)(F)C2)cc1.COc1ccc(CN2CCCC(O)C(F)(F)C2)cc1.[B].[H-].[Na+]. The maximum atomic E-state index is 13.8. The van der Waals surface area contributed by atoms with Gasteiger partial charge in [-0.2, -0.15) is 8.78 Å². The van der Waals surface area contributed by atoms with Gasteiger partial charge >= 0.3 is 35.5 Å². The molecule has 0 saturated carbocycles. The molecule has 2 saturated heterocycles. The molecular weight excluding hydrogens is 554 g/mol. The normalized spacial score (nSPS) is 21.9. The number of aliphatic hydroxyl groups excluding tert-OH is 1. The number of ether oxygens (including phenoxy) is 2. The molecule has 2 heterocycles. The zero-order valence-electron chi connectivity index (χ0n) is 24.9. The van der Waals surface area contributed by atoms with Gasteiger partial charge in [0.2, 0.25) is 5.79 Å². The van der Waals surface area contributed by atoms with Crippen molar-refractivity contribution < 1.29 is 73.3 Å². The molecule has 2 fully saturated rings. The summed E-state index contributed by atoms with van der Waals surface area (Å²) >= 11 is 0. The summed E-state index contributed by atoms with van der Waals surface area (Å²) in [4.78, 5) is 3.23. The topological polar surface area (TPSA) is 85.6 Å². The van der Waals surface area contributed by atoms with Crippen LogP contribution in [0.2, 0.25) is 0 Å². The Hall–Kier alpha value is -1.38. The number of hydrogen-bond acceptors (Lipinski definition) is 7. The number of hydrogen-bond donors (Lipinski definition) is 3. The minimum atomic E-state index is -3.53. The first-order valence-corrected chi connectivity index (χ1v) is 12.9. The Balaban J connectivity index is 0.000000748. The molecule has 223 valence electrons. The molecule has 2 aliphatic rings. The van der Waals surface area contributed by atoms with Gasteiger partial charge in [-0.15, -0.1) is 0 Å². The van der Waals surface area contributed by atoms with Gasteiger partial charge in [0.25, 0.3) is 5.92 Å². The predicted octanol–water partition coefficient (Wildman–Crippen LogP) is 0.630. The zero-order valence-corrected chi connectivity index (χ0v) is 25.9. The van der Waals surface area contributed by atoms with Crippen LogP contribution in [0.4, 0.5) is 17.6 Å². The molecule has 7 nitrogen and oxygen atoms in total. The van der Waals surface area contributed by atoms with Crippen LogP contribution in [0.3, 0.4) is 0 Å². The van der Waals surface area contributed by atoms with E-state index >= 15 is 0 Å². The van der Waals surface area contributed by atoms with Crippen LogP contribution in [-0.4, -0.2) is 97.7 Å². The Morgan fingerprint density at radius 1 is 0.805 bits per heavy atom. The minimum absolute atomic E-state index is 0. The molecule has 13 heteroatoms. The van der Waals surface area contributed by atoms with Crippen molar-refractivity contribution in [1.82, 2.24) is 9.80 Å². The summed E-state index contributed by atoms with van der Waals surface area (Å²) in [6, 6.07) is 14.6. The molecule has 2 aromatic rings. The van der Waals surface area contributed by atoms with Crippen LogP contribution < -0.4 is 39.0 Å². The van der Waals surface area contributed by atoms with E-state index in [1.165, 1.54) is 4.90 Å². The van der Waals surface area contributed by atoms with Gasteiger partial charge in [0.1, 0.15) is 17.6 Å². The first-order chi connectivity index (χ1) is 18.3. The molecular formula is C28H39BF4N2NaO5. The van der Waals surface area contributed by atoms with Crippen molar-refractivity contribution in [2.75, 3.05) is 40.4 Å². The van der Waals surface area contributed by atoms with Gasteiger partial charge < -0.3 is 26.2 Å². The average molecular weight is 593 g/mol. The van der Waals surface area contributed by atoms with Gasteiger partial charge in [0.05, 0.1) is 27.3 Å². The van der Waals surface area contributed by atoms with Gasteiger partial charge in [0.15, 0.2) is 0 Å². The van der Waals surface area contributed by atoms with Crippen LogP contribution in [0, 0.1) is 0 Å². The third-order valence-electron chi connectivity index (χ3n) is 7.01. The van der Waals surface area contributed by atoms with Crippen LogP contribution in [0.5, 0.6) is 11.5 Å². The number of alkyl halides is 4. The number of aliphatic hydroxyl groups is 3. The Morgan fingerprint density at radius 3 is 1.71 bits per heavy atom. The van der Waals surface area contributed by atoms with Crippen molar-refractivity contribution in [3.05, 3.63) is 59.7 Å². The van der Waals surface area contributed by atoms with Gasteiger partial charge in [-0.1, -0.05) is 24.3 Å². The van der Waals surface area contributed by atoms with E-state index in [1.807, 2.05) is 36.4 Å². The monoisotopic (exact) mass is 593 g/mol. The van der Waals surface area contributed by atoms with Crippen LogP contribution in [0.25, 0.3) is 0 Å². The zero-order chi connectivity index (χ0) is 28.7. The van der Waals surface area contributed by atoms with Gasteiger partial charge in [-0.3, -0.25) is 9.80 Å². The van der Waals surface area contributed by atoms with E-state index in [0.717, 1.165) is 16.9 Å². The fourth-order valence-corrected chi connectivity index (χ4v) is 4.67. The summed E-state index contributed by atoms with van der Waals surface area (Å²) in [6.07, 6.45) is -0.773. The second kappa shape index (κ2) is 16.5. The number of nitrogens with zero attached hydrogens (tertiary/aromatic N) is 2. The number of likely N-dealkylation sites (tertiary alicyclic amines) is 2. The predicted molar refractivity (Wildman–Crippen MR) is 145 cm³/mol. The van der Waals surface area contributed by atoms with E-state index < -0.39 is 30.3 Å². The molecule has 0 amide bonds. The first-order valence-electron chi connectivity index (χ1n) is 12.9. The van der Waals surface area contributed by atoms with Gasteiger partial charge in [-0.25, -0.2) is 8.78 Å². The molecule has 4 rings (SSSR count). The summed E-state index contributed by atoms with van der Waals surface area (Å²) in [6.45, 7) is 0.747. The van der Waals surface area contributed by atoms with Crippen molar-refractivity contribution in [3.8, 4) is 11.5 Å². The summed E-state index contributed by atoms with van der Waals surface area (Å²) in [7, 11) is 3.15. The standard InChI is InChI=1S/C14H19F2NO3.C14H19F2NO2.B.Na.H/c1-20-12-5-3-11(4-6-12)9-17-8-2-7-14(18,19)13(15,16)10-17;1-19-12-6-4-11(5-7-12)9-17-8-2-3-13(18)14(15,16)10-17;;;/h3-6,18-19H,2,7-10H2,1H3;4-7,13,18H,2-3,8-10H2,1H3;;;/q;;;+1;-1. The maximum absolute atomic E-state index is 13.8. The third kappa shape index (κ3) is 11.0. The number of methoxy groups -OCH3 is 2. The van der Waals surface area contributed by atoms with Crippen molar-refractivity contribution in [2.24, 2.45) is 0 Å². The number of rotatable bonds is 6. The summed E-state index contributed by atoms with van der Waals surface area (Å²) < 4.78 is 64.8. The molecule has 0 aliphatic carbocycles. The van der Waals surface area contributed by atoms with E-state index in [-0.39, 0.29) is 58.8 Å². The smallest absolute Gasteiger partial charge is 1.00 e. The van der Waals surface area contributed by atoms with E-state index in [4.69, 9.17) is 9.47 Å². The Bertz CT molecular complexity index is 1040. The largest absolute Gasteiger partial charge is 1.00 e. The third-order valence-corrected chi connectivity index (χ3v) is 7.01. The van der Waals surface area contributed by atoms with Crippen molar-refractivity contribution in [3.63, 3.8) is 0 Å². The molecule has 2 aromatic carbocycles. The molecule has 2 aliphatic heterocycles. The van der Waals surface area contributed by atoms with Crippen LogP contribution in [0.1, 0.15) is 38.2 Å². The van der Waals surface area contributed by atoms with Crippen LogP contribution >= 0.6 is 0 Å². The maximum Gasteiger partial charge on any atom is 1.00 e. The van der Waals surface area contributed by atoms with Crippen molar-refractivity contribution in [2.45, 2.75) is 62.5 Å². The molecule has 1 atom stereocenters. The fourth-order valence-electron chi connectivity index (χ4n) is 4.67. The second-order valence-electron chi connectivity index (χ2n) is 10.2. The van der Waals surface area contributed by atoms with Crippen molar-refractivity contribution in [1.29, 1.82) is 0 Å². The minimum Gasteiger partial charge on any atom is -1.00 e. The van der Waals surface area contributed by atoms with Crippen molar-refractivity contribution >= 4 is 8.41 Å². The fraction of sp³-hybridized carbons (Fsp3) is 0.571. The first kappa shape index (κ1) is 37.7. The Kier molecular flexibility index (Phi) is 15.1. The molecule has 0 aromatic heterocycles. The summed E-state index contributed by atoms with van der Waals surface area (Å²) in [5.74, 6) is -8.01. The molecule has 3 N–H and O–H groups in total. The molecule has 41 heavy (non-hydrogen) atoms. The Labute approximate surface area is 264 Å². The molecule has 3 radical (unpaired) electrons. The summed E-state index contributed by atoms with van der Waals surface area (Å²) in [5, 5.41) is 28.2. The number of benzene rings is 2. The summed E-state index contributed by atoms with van der Waals surface area (Å²) in [5.41, 5.74) is 1.85. The molecule has 0 bridgehead atoms. The van der Waals surface area contributed by atoms with E-state index in [0.29, 0.717) is 44.8 Å². The van der Waals surface area contributed by atoms with Gasteiger partial charge in [-0.05, 0) is 67.7 Å². The average Bonchev–Trinajstić information content (AvgIpc) is 3.07. The molecule has 1 unspecified atom stereocenters. The van der Waals surface area contributed by atoms with E-state index in [1.54, 1.807) is 31.3 Å². The van der Waals surface area contributed by atoms with E-state index in [2.05, 4.69) is 0 Å². The van der Waals surface area contributed by atoms with Gasteiger partial charge in [0, 0.05) is 27.9 Å². The Morgan fingerprint density at radius 2 is 1.24 bits per heavy atom.